The standard InChI is InChI=1S/C14H24N2O/c1-3-12-6-5-9-16(12)11-14-8-7-13(17-14)10-15-4-2/h7-8,12,15H,3-6,9-11H2,1-2H3. The minimum absolute atomic E-state index is 0.761. The number of furan rings is 1. The molecular formula is C14H24N2O. The van der Waals surface area contributed by atoms with Crippen molar-refractivity contribution in [2.24, 2.45) is 0 Å². The third-order valence-electron chi connectivity index (χ3n) is 3.60. The first-order valence-electron chi connectivity index (χ1n) is 6.85. The number of nitrogens with one attached hydrogen (secondary N) is 1. The Bertz CT molecular complexity index is 335. The number of hydrogen-bond acceptors (Lipinski definition) is 3. The van der Waals surface area contributed by atoms with Gasteiger partial charge in [0.2, 0.25) is 0 Å². The van der Waals surface area contributed by atoms with Crippen LogP contribution in [0.5, 0.6) is 0 Å². The van der Waals surface area contributed by atoms with Crippen LogP contribution in [0.4, 0.5) is 0 Å². The van der Waals surface area contributed by atoms with Crippen molar-refractivity contribution in [2.45, 2.75) is 52.2 Å². The highest BCUT2D eigenvalue weighted by Crippen LogP contribution is 2.22. The molecule has 1 aromatic heterocycles. The second kappa shape index (κ2) is 6.22. The Kier molecular flexibility index (Phi) is 4.63. The van der Waals surface area contributed by atoms with Gasteiger partial charge in [0.05, 0.1) is 13.1 Å². The smallest absolute Gasteiger partial charge is 0.118 e. The summed E-state index contributed by atoms with van der Waals surface area (Å²) in [6.45, 7) is 8.42. The molecular weight excluding hydrogens is 212 g/mol. The predicted molar refractivity (Wildman–Crippen MR) is 69.8 cm³/mol. The van der Waals surface area contributed by atoms with Gasteiger partial charge in [-0.15, -0.1) is 0 Å². The van der Waals surface area contributed by atoms with Crippen LogP contribution in [0.15, 0.2) is 16.5 Å². The van der Waals surface area contributed by atoms with E-state index in [1.54, 1.807) is 0 Å². The van der Waals surface area contributed by atoms with Gasteiger partial charge in [-0.05, 0) is 44.5 Å². The van der Waals surface area contributed by atoms with Crippen molar-refractivity contribution in [1.29, 1.82) is 0 Å². The lowest BCUT2D eigenvalue weighted by Crippen LogP contribution is -2.27. The number of rotatable bonds is 6. The van der Waals surface area contributed by atoms with Gasteiger partial charge in [0.1, 0.15) is 11.5 Å². The van der Waals surface area contributed by atoms with Crippen LogP contribution in [0, 0.1) is 0 Å². The van der Waals surface area contributed by atoms with Gasteiger partial charge in [-0.2, -0.15) is 0 Å². The molecule has 2 rings (SSSR count). The van der Waals surface area contributed by atoms with Gasteiger partial charge >= 0.3 is 0 Å². The monoisotopic (exact) mass is 236 g/mol. The van der Waals surface area contributed by atoms with Gasteiger partial charge in [-0.1, -0.05) is 13.8 Å². The maximum absolute atomic E-state index is 5.84. The van der Waals surface area contributed by atoms with E-state index in [0.29, 0.717) is 0 Å². The fourth-order valence-corrected chi connectivity index (χ4v) is 2.62. The summed E-state index contributed by atoms with van der Waals surface area (Å²) in [5.74, 6) is 2.16. The molecule has 3 heteroatoms. The first-order valence-corrected chi connectivity index (χ1v) is 6.85. The normalized spacial score (nSPS) is 21.2. The van der Waals surface area contributed by atoms with E-state index in [1.807, 2.05) is 0 Å². The number of hydrogen-bond donors (Lipinski definition) is 1. The molecule has 0 radical (unpaired) electrons. The van der Waals surface area contributed by atoms with Crippen molar-refractivity contribution in [3.05, 3.63) is 23.7 Å². The molecule has 1 aromatic rings. The molecule has 1 fully saturated rings. The molecule has 3 nitrogen and oxygen atoms in total. The lowest BCUT2D eigenvalue weighted by atomic mass is 10.2. The van der Waals surface area contributed by atoms with E-state index in [1.165, 1.54) is 25.8 Å². The topological polar surface area (TPSA) is 28.4 Å². The Balaban J connectivity index is 1.87. The molecule has 1 aliphatic rings. The summed E-state index contributed by atoms with van der Waals surface area (Å²) < 4.78 is 5.84. The first-order chi connectivity index (χ1) is 8.33. The van der Waals surface area contributed by atoms with Crippen LogP contribution in [0.1, 0.15) is 44.6 Å². The van der Waals surface area contributed by atoms with Crippen LogP contribution in [0.3, 0.4) is 0 Å². The molecule has 0 saturated carbocycles. The average molecular weight is 236 g/mol. The molecule has 17 heavy (non-hydrogen) atoms. The molecule has 0 bridgehead atoms. The minimum atomic E-state index is 0.761. The first kappa shape index (κ1) is 12.7. The van der Waals surface area contributed by atoms with Crippen molar-refractivity contribution in [1.82, 2.24) is 10.2 Å². The largest absolute Gasteiger partial charge is 0.463 e. The summed E-state index contributed by atoms with van der Waals surface area (Å²) in [6, 6.07) is 4.98. The van der Waals surface area contributed by atoms with E-state index < -0.39 is 0 Å². The quantitative estimate of drug-likeness (QED) is 0.823. The van der Waals surface area contributed by atoms with Gasteiger partial charge in [-0.3, -0.25) is 4.90 Å². The fourth-order valence-electron chi connectivity index (χ4n) is 2.62. The van der Waals surface area contributed by atoms with Gasteiger partial charge < -0.3 is 9.73 Å². The molecule has 1 N–H and O–H groups in total. The van der Waals surface area contributed by atoms with E-state index in [4.69, 9.17) is 4.42 Å². The summed E-state index contributed by atoms with van der Waals surface area (Å²) in [4.78, 5) is 2.55. The predicted octanol–water partition coefficient (Wildman–Crippen LogP) is 2.76. The number of nitrogens with zero attached hydrogens (tertiary/aromatic N) is 1. The molecule has 1 atom stereocenters. The van der Waals surface area contributed by atoms with Crippen LogP contribution >= 0.6 is 0 Å². The van der Waals surface area contributed by atoms with E-state index >= 15 is 0 Å². The molecule has 0 aliphatic carbocycles. The summed E-state index contributed by atoms with van der Waals surface area (Å²) in [5, 5.41) is 3.28. The fraction of sp³-hybridized carbons (Fsp3) is 0.714. The highest BCUT2D eigenvalue weighted by molar-refractivity contribution is 5.07. The zero-order valence-electron chi connectivity index (χ0n) is 11.0. The van der Waals surface area contributed by atoms with Gasteiger partial charge in [0, 0.05) is 6.04 Å². The second-order valence-electron chi connectivity index (χ2n) is 4.82. The third kappa shape index (κ3) is 3.33. The van der Waals surface area contributed by atoms with Gasteiger partial charge in [0.25, 0.3) is 0 Å². The Hall–Kier alpha value is -0.800. The Labute approximate surface area is 104 Å². The Morgan fingerprint density at radius 2 is 2.18 bits per heavy atom. The van der Waals surface area contributed by atoms with E-state index in [9.17, 15) is 0 Å². The molecule has 0 aromatic carbocycles. The summed E-state index contributed by atoms with van der Waals surface area (Å²) >= 11 is 0. The van der Waals surface area contributed by atoms with Crippen molar-refractivity contribution < 1.29 is 4.42 Å². The minimum Gasteiger partial charge on any atom is -0.463 e. The number of likely N-dealkylation sites (tertiary alicyclic amines) is 1. The van der Waals surface area contributed by atoms with Gasteiger partial charge in [-0.25, -0.2) is 0 Å². The Morgan fingerprint density at radius 1 is 1.35 bits per heavy atom. The lowest BCUT2D eigenvalue weighted by molar-refractivity contribution is 0.219. The summed E-state index contributed by atoms with van der Waals surface area (Å²) in [5.41, 5.74) is 0. The molecule has 2 heterocycles. The van der Waals surface area contributed by atoms with Crippen molar-refractivity contribution in [2.75, 3.05) is 13.1 Å². The molecule has 1 unspecified atom stereocenters. The molecule has 96 valence electrons. The summed E-state index contributed by atoms with van der Waals surface area (Å²) in [7, 11) is 0. The zero-order chi connectivity index (χ0) is 12.1. The van der Waals surface area contributed by atoms with E-state index in [2.05, 4.69) is 36.2 Å². The van der Waals surface area contributed by atoms with Crippen LogP contribution in [-0.2, 0) is 13.1 Å². The molecule has 0 amide bonds. The lowest BCUT2D eigenvalue weighted by Gasteiger charge is -2.21. The van der Waals surface area contributed by atoms with Crippen molar-refractivity contribution >= 4 is 0 Å². The average Bonchev–Trinajstić information content (AvgIpc) is 2.96. The SMILES string of the molecule is CCNCc1ccc(CN2CCCC2CC)o1. The zero-order valence-corrected chi connectivity index (χ0v) is 11.0. The highest BCUT2D eigenvalue weighted by atomic mass is 16.3. The second-order valence-corrected chi connectivity index (χ2v) is 4.82. The van der Waals surface area contributed by atoms with Crippen molar-refractivity contribution in [3.63, 3.8) is 0 Å². The van der Waals surface area contributed by atoms with Crippen LogP contribution < -0.4 is 5.32 Å². The van der Waals surface area contributed by atoms with Crippen molar-refractivity contribution in [3.8, 4) is 0 Å². The molecule has 1 aliphatic heterocycles. The van der Waals surface area contributed by atoms with Crippen LogP contribution in [0.2, 0.25) is 0 Å². The molecule has 0 spiro atoms. The maximum atomic E-state index is 5.84. The van der Waals surface area contributed by atoms with Crippen LogP contribution in [0.25, 0.3) is 0 Å². The van der Waals surface area contributed by atoms with E-state index in [-0.39, 0.29) is 0 Å². The highest BCUT2D eigenvalue weighted by Gasteiger charge is 2.23. The van der Waals surface area contributed by atoms with Gasteiger partial charge in [0.15, 0.2) is 0 Å². The summed E-state index contributed by atoms with van der Waals surface area (Å²) in [6.07, 6.45) is 3.94. The van der Waals surface area contributed by atoms with Crippen LogP contribution in [-0.4, -0.2) is 24.0 Å². The maximum Gasteiger partial charge on any atom is 0.118 e. The third-order valence-corrected chi connectivity index (χ3v) is 3.60. The van der Waals surface area contributed by atoms with E-state index in [0.717, 1.165) is 37.2 Å². The molecule has 1 saturated heterocycles. The Morgan fingerprint density at radius 3 is 2.94 bits per heavy atom.